The maximum absolute atomic E-state index is 5.18. The Bertz CT molecular complexity index is 59.5. The molecule has 1 aliphatic rings. The van der Waals surface area contributed by atoms with Crippen LogP contribution in [0.15, 0.2) is 0 Å². The quantitative estimate of drug-likeness (QED) is 0.484. The number of rotatable bonds is 1. The van der Waals surface area contributed by atoms with Gasteiger partial charge in [0.2, 0.25) is 0 Å². The molecule has 0 amide bonds. The highest BCUT2D eigenvalue weighted by Gasteiger charge is 2.10. The highest BCUT2D eigenvalue weighted by atomic mass is 16.5. The summed E-state index contributed by atoms with van der Waals surface area (Å²) in [5, 5.41) is 4.32. The summed E-state index contributed by atoms with van der Waals surface area (Å²) in [7, 11) is 0. The van der Waals surface area contributed by atoms with Crippen molar-refractivity contribution in [3.05, 3.63) is 0 Å². The second-order valence-corrected chi connectivity index (χ2v) is 2.04. The summed E-state index contributed by atoms with van der Waals surface area (Å²) in [4.78, 5) is 0. The first-order valence-electron chi connectivity index (χ1n) is 3.18. The van der Waals surface area contributed by atoms with E-state index in [0.717, 1.165) is 26.2 Å². The van der Waals surface area contributed by atoms with Crippen LogP contribution in [-0.4, -0.2) is 25.8 Å². The van der Waals surface area contributed by atoms with Gasteiger partial charge in [-0.25, -0.2) is 5.32 Å². The topological polar surface area (TPSA) is 23.3 Å². The number of morpholine rings is 1. The Morgan fingerprint density at radius 1 is 1.75 bits per heavy atom. The van der Waals surface area contributed by atoms with E-state index in [2.05, 4.69) is 12.2 Å². The Morgan fingerprint density at radius 2 is 2.62 bits per heavy atom. The van der Waals surface area contributed by atoms with E-state index in [9.17, 15) is 0 Å². The molecule has 0 spiro atoms. The normalized spacial score (nSPS) is 30.4. The molecule has 1 fully saturated rings. The number of nitrogens with zero attached hydrogens (tertiary/aromatic N) is 1. The summed E-state index contributed by atoms with van der Waals surface area (Å²) in [5.74, 6) is 0. The van der Waals surface area contributed by atoms with Gasteiger partial charge in [-0.2, -0.15) is 0 Å². The molecule has 0 unspecified atom stereocenters. The van der Waals surface area contributed by atoms with Crippen molar-refractivity contribution in [1.82, 2.24) is 5.32 Å². The zero-order chi connectivity index (χ0) is 5.82. The lowest BCUT2D eigenvalue weighted by atomic mass is 10.2. The van der Waals surface area contributed by atoms with Crippen LogP contribution in [0.3, 0.4) is 0 Å². The lowest BCUT2D eigenvalue weighted by molar-refractivity contribution is 0.0734. The van der Waals surface area contributed by atoms with Crippen molar-refractivity contribution >= 4 is 0 Å². The third-order valence-electron chi connectivity index (χ3n) is 1.40. The van der Waals surface area contributed by atoms with Gasteiger partial charge in [0.05, 0.1) is 13.2 Å². The van der Waals surface area contributed by atoms with Crippen molar-refractivity contribution in [2.24, 2.45) is 0 Å². The van der Waals surface area contributed by atoms with E-state index < -0.39 is 0 Å². The summed E-state index contributed by atoms with van der Waals surface area (Å²) < 4.78 is 5.18. The van der Waals surface area contributed by atoms with Crippen LogP contribution >= 0.6 is 0 Å². The molecule has 0 aromatic rings. The van der Waals surface area contributed by atoms with Gasteiger partial charge in [0.1, 0.15) is 0 Å². The molecule has 0 N–H and O–H groups in total. The molecular formula is C6H12NO. The minimum Gasteiger partial charge on any atom is -0.378 e. The fourth-order valence-electron chi connectivity index (χ4n) is 0.819. The van der Waals surface area contributed by atoms with E-state index in [1.165, 1.54) is 0 Å². The second kappa shape index (κ2) is 3.05. The van der Waals surface area contributed by atoms with Crippen molar-refractivity contribution in [2.75, 3.05) is 19.8 Å². The Morgan fingerprint density at radius 3 is 3.00 bits per heavy atom. The summed E-state index contributed by atoms with van der Waals surface area (Å²) in [6.45, 7) is 4.72. The highest BCUT2D eigenvalue weighted by Crippen LogP contribution is 1.97. The van der Waals surface area contributed by atoms with Gasteiger partial charge in [-0.1, -0.05) is 6.92 Å². The van der Waals surface area contributed by atoms with E-state index >= 15 is 0 Å². The van der Waals surface area contributed by atoms with Crippen LogP contribution in [0.25, 0.3) is 0 Å². The van der Waals surface area contributed by atoms with Gasteiger partial charge in [-0.3, -0.25) is 0 Å². The molecule has 1 aliphatic heterocycles. The van der Waals surface area contributed by atoms with E-state index in [1.807, 2.05) is 0 Å². The molecule has 0 saturated carbocycles. The summed E-state index contributed by atoms with van der Waals surface area (Å²) in [5.41, 5.74) is 0. The zero-order valence-corrected chi connectivity index (χ0v) is 5.26. The van der Waals surface area contributed by atoms with E-state index in [4.69, 9.17) is 4.74 Å². The van der Waals surface area contributed by atoms with Crippen molar-refractivity contribution in [1.29, 1.82) is 0 Å². The maximum Gasteiger partial charge on any atom is 0.0636 e. The summed E-state index contributed by atoms with van der Waals surface area (Å²) >= 11 is 0. The fraction of sp³-hybridized carbons (Fsp3) is 1.00. The van der Waals surface area contributed by atoms with Gasteiger partial charge in [0.25, 0.3) is 0 Å². The average Bonchev–Trinajstić information content (AvgIpc) is 1.90. The molecule has 2 nitrogen and oxygen atoms in total. The molecular weight excluding hydrogens is 102 g/mol. The zero-order valence-electron chi connectivity index (χ0n) is 5.26. The Kier molecular flexibility index (Phi) is 2.30. The summed E-state index contributed by atoms with van der Waals surface area (Å²) in [6, 6.07) is 0.490. The molecule has 0 bridgehead atoms. The largest absolute Gasteiger partial charge is 0.378 e. The molecule has 47 valence electrons. The highest BCUT2D eigenvalue weighted by molar-refractivity contribution is 4.66. The molecule has 1 rings (SSSR count). The monoisotopic (exact) mass is 114 g/mol. The van der Waals surface area contributed by atoms with Gasteiger partial charge < -0.3 is 4.74 Å². The molecule has 1 radical (unpaired) electrons. The van der Waals surface area contributed by atoms with Crippen LogP contribution in [-0.2, 0) is 4.74 Å². The molecule has 1 heterocycles. The lowest BCUT2D eigenvalue weighted by Gasteiger charge is -2.19. The second-order valence-electron chi connectivity index (χ2n) is 2.04. The van der Waals surface area contributed by atoms with Gasteiger partial charge in [-0.15, -0.1) is 0 Å². The number of ether oxygens (including phenoxy) is 1. The molecule has 1 saturated heterocycles. The third kappa shape index (κ3) is 1.46. The van der Waals surface area contributed by atoms with E-state index in [0.29, 0.717) is 6.04 Å². The summed E-state index contributed by atoms with van der Waals surface area (Å²) in [6.07, 6.45) is 1.12. The predicted octanol–water partition coefficient (Wildman–Crippen LogP) is 0.400. The predicted molar refractivity (Wildman–Crippen MR) is 31.9 cm³/mol. The first-order valence-corrected chi connectivity index (χ1v) is 3.18. The van der Waals surface area contributed by atoms with Crippen LogP contribution in [0, 0.1) is 0 Å². The van der Waals surface area contributed by atoms with Gasteiger partial charge in [0.15, 0.2) is 0 Å². The van der Waals surface area contributed by atoms with Gasteiger partial charge in [0, 0.05) is 12.6 Å². The first-order chi connectivity index (χ1) is 3.93. The van der Waals surface area contributed by atoms with Crippen molar-refractivity contribution in [3.63, 3.8) is 0 Å². The third-order valence-corrected chi connectivity index (χ3v) is 1.40. The van der Waals surface area contributed by atoms with Crippen LogP contribution in [0.4, 0.5) is 0 Å². The first kappa shape index (κ1) is 6.05. The molecule has 0 aromatic carbocycles. The Labute approximate surface area is 50.2 Å². The van der Waals surface area contributed by atoms with Gasteiger partial charge >= 0.3 is 0 Å². The van der Waals surface area contributed by atoms with Crippen LogP contribution in [0.2, 0.25) is 0 Å². The van der Waals surface area contributed by atoms with Crippen molar-refractivity contribution in [2.45, 2.75) is 19.4 Å². The smallest absolute Gasteiger partial charge is 0.0636 e. The maximum atomic E-state index is 5.18. The average molecular weight is 114 g/mol. The van der Waals surface area contributed by atoms with Crippen LogP contribution in [0.1, 0.15) is 13.3 Å². The molecule has 1 atom stereocenters. The Balaban J connectivity index is 2.13. The fourth-order valence-corrected chi connectivity index (χ4v) is 0.819. The molecule has 0 aromatic heterocycles. The minimum absolute atomic E-state index is 0.490. The standard InChI is InChI=1S/C6H12NO/c1-2-6-5-8-4-3-7-6/h6H,2-5H2,1H3/t6-/m1/s1. The minimum atomic E-state index is 0.490. The molecule has 8 heavy (non-hydrogen) atoms. The Hall–Kier alpha value is -0.0800. The van der Waals surface area contributed by atoms with Crippen molar-refractivity contribution < 1.29 is 4.74 Å². The van der Waals surface area contributed by atoms with Crippen LogP contribution in [0.5, 0.6) is 0 Å². The van der Waals surface area contributed by atoms with E-state index in [1.54, 1.807) is 0 Å². The van der Waals surface area contributed by atoms with Crippen LogP contribution < -0.4 is 5.32 Å². The SMILES string of the molecule is CC[C@@H]1COCC[N]1. The number of hydrogen-bond acceptors (Lipinski definition) is 1. The molecule has 0 aliphatic carbocycles. The molecule has 2 heteroatoms. The van der Waals surface area contributed by atoms with Gasteiger partial charge in [-0.05, 0) is 6.42 Å². The van der Waals surface area contributed by atoms with E-state index in [-0.39, 0.29) is 0 Å². The van der Waals surface area contributed by atoms with Crippen molar-refractivity contribution in [3.8, 4) is 0 Å². The lowest BCUT2D eigenvalue weighted by Crippen LogP contribution is -2.35. The number of hydrogen-bond donors (Lipinski definition) is 0.